The van der Waals surface area contributed by atoms with Crippen LogP contribution in [-0.4, -0.2) is 26.6 Å². The van der Waals surface area contributed by atoms with Gasteiger partial charge in [-0.15, -0.1) is 11.8 Å². The first kappa shape index (κ1) is 20.5. The number of amides is 1. The molecular weight excluding hydrogens is 368 g/mol. The van der Waals surface area contributed by atoms with Gasteiger partial charge in [-0.1, -0.05) is 24.3 Å². The molecule has 2 aromatic rings. The lowest BCUT2D eigenvalue weighted by Gasteiger charge is -2.13. The summed E-state index contributed by atoms with van der Waals surface area (Å²) in [6.07, 6.45) is 1.98. The van der Waals surface area contributed by atoms with Crippen molar-refractivity contribution < 1.29 is 13.2 Å². The third-order valence-corrected chi connectivity index (χ3v) is 5.94. The minimum atomic E-state index is -3.42. The fraction of sp³-hybridized carbons (Fsp3) is 0.316. The van der Waals surface area contributed by atoms with Crippen molar-refractivity contribution in [3.05, 3.63) is 65.2 Å². The van der Waals surface area contributed by atoms with Gasteiger partial charge in [0.25, 0.3) is 5.91 Å². The van der Waals surface area contributed by atoms with Gasteiger partial charge < -0.3 is 5.32 Å². The second-order valence-electron chi connectivity index (χ2n) is 6.21. The normalized spacial score (nSPS) is 11.5. The van der Waals surface area contributed by atoms with Crippen LogP contribution in [0.15, 0.2) is 53.4 Å². The molecule has 0 aliphatic carbocycles. The van der Waals surface area contributed by atoms with Crippen LogP contribution >= 0.6 is 11.8 Å². The Labute approximate surface area is 159 Å². The second kappa shape index (κ2) is 9.21. The van der Waals surface area contributed by atoms with Crippen molar-refractivity contribution >= 4 is 27.7 Å². The summed E-state index contributed by atoms with van der Waals surface area (Å²) in [6.45, 7) is 3.84. The zero-order chi connectivity index (χ0) is 19.2. The highest BCUT2D eigenvalue weighted by Gasteiger charge is 2.15. The topological polar surface area (TPSA) is 75.3 Å². The van der Waals surface area contributed by atoms with Crippen LogP contribution in [0, 0.1) is 0 Å². The molecule has 2 N–H and O–H groups in total. The lowest BCUT2D eigenvalue weighted by molar-refractivity contribution is 0.0951. The predicted molar refractivity (Wildman–Crippen MR) is 107 cm³/mol. The van der Waals surface area contributed by atoms with Crippen molar-refractivity contribution in [2.75, 3.05) is 6.26 Å². The fourth-order valence-electron chi connectivity index (χ4n) is 2.50. The molecule has 1 amide bonds. The third-order valence-electron chi connectivity index (χ3n) is 3.67. The molecule has 0 saturated heterocycles. The molecular formula is C19H24N2O3S2. The molecule has 26 heavy (non-hydrogen) atoms. The van der Waals surface area contributed by atoms with Crippen LogP contribution in [0.5, 0.6) is 0 Å². The van der Waals surface area contributed by atoms with Crippen LogP contribution in [-0.2, 0) is 22.3 Å². The highest BCUT2D eigenvalue weighted by Crippen LogP contribution is 2.16. The number of hydrogen-bond acceptors (Lipinski definition) is 4. The van der Waals surface area contributed by atoms with Crippen LogP contribution in [0.4, 0.5) is 0 Å². The Morgan fingerprint density at radius 2 is 1.65 bits per heavy atom. The van der Waals surface area contributed by atoms with Crippen LogP contribution in [0.1, 0.15) is 35.3 Å². The number of sulfonamides is 1. The Balaban J connectivity index is 2.06. The summed E-state index contributed by atoms with van der Waals surface area (Å²) in [5.41, 5.74) is 2.05. The van der Waals surface area contributed by atoms with Gasteiger partial charge in [0.05, 0.1) is 5.75 Å². The summed E-state index contributed by atoms with van der Waals surface area (Å²) in [6, 6.07) is 14.4. The van der Waals surface area contributed by atoms with Crippen molar-refractivity contribution in [3.63, 3.8) is 0 Å². The van der Waals surface area contributed by atoms with Crippen LogP contribution < -0.4 is 10.0 Å². The maximum atomic E-state index is 12.3. The van der Waals surface area contributed by atoms with Gasteiger partial charge in [0.15, 0.2) is 0 Å². The molecule has 0 aliphatic heterocycles. The molecule has 0 spiro atoms. The lowest BCUT2D eigenvalue weighted by Crippen LogP contribution is -2.31. The quantitative estimate of drug-likeness (QED) is 0.677. The standard InChI is InChI=1S/C19H24N2O3S2/c1-14(2)21-26(23,24)13-17-7-5-4-6-16(17)12-20-19(22)15-8-10-18(25-3)11-9-15/h4-11,14,21H,12-13H2,1-3H3,(H,20,22). The average molecular weight is 393 g/mol. The van der Waals surface area contributed by atoms with E-state index in [1.54, 1.807) is 49.9 Å². The first-order valence-corrected chi connectivity index (χ1v) is 11.2. The minimum absolute atomic E-state index is 0.111. The van der Waals surface area contributed by atoms with Crippen LogP contribution in [0.2, 0.25) is 0 Å². The van der Waals surface area contributed by atoms with Crippen molar-refractivity contribution in [3.8, 4) is 0 Å². The molecule has 7 heteroatoms. The monoisotopic (exact) mass is 392 g/mol. The maximum Gasteiger partial charge on any atom is 0.251 e. The van der Waals surface area contributed by atoms with Crippen LogP contribution in [0.3, 0.4) is 0 Å². The minimum Gasteiger partial charge on any atom is -0.348 e. The zero-order valence-corrected chi connectivity index (χ0v) is 16.8. The Bertz CT molecular complexity index is 847. The van der Waals surface area contributed by atoms with E-state index in [9.17, 15) is 13.2 Å². The average Bonchev–Trinajstić information content (AvgIpc) is 2.59. The smallest absolute Gasteiger partial charge is 0.251 e. The van der Waals surface area contributed by atoms with Crippen molar-refractivity contribution in [1.82, 2.24) is 10.0 Å². The third kappa shape index (κ3) is 6.16. The van der Waals surface area contributed by atoms with Gasteiger partial charge in [-0.3, -0.25) is 4.79 Å². The Morgan fingerprint density at radius 1 is 1.04 bits per heavy atom. The number of benzene rings is 2. The molecule has 0 aromatic heterocycles. The summed E-state index contributed by atoms with van der Waals surface area (Å²) in [5, 5.41) is 2.86. The Hall–Kier alpha value is -1.83. The molecule has 0 heterocycles. The summed E-state index contributed by atoms with van der Waals surface area (Å²) in [4.78, 5) is 13.4. The van der Waals surface area contributed by atoms with Crippen LogP contribution in [0.25, 0.3) is 0 Å². The van der Waals surface area contributed by atoms with E-state index in [2.05, 4.69) is 10.0 Å². The van der Waals surface area contributed by atoms with E-state index < -0.39 is 10.0 Å². The van der Waals surface area contributed by atoms with E-state index in [0.717, 1.165) is 10.5 Å². The van der Waals surface area contributed by atoms with Crippen molar-refractivity contribution in [2.24, 2.45) is 0 Å². The molecule has 0 fully saturated rings. The Morgan fingerprint density at radius 3 is 2.23 bits per heavy atom. The van der Waals surface area contributed by atoms with E-state index in [0.29, 0.717) is 11.1 Å². The number of carbonyl (C=O) groups is 1. The van der Waals surface area contributed by atoms with E-state index in [-0.39, 0.29) is 24.2 Å². The summed E-state index contributed by atoms with van der Waals surface area (Å²) in [5.74, 6) is -0.296. The van der Waals surface area contributed by atoms with E-state index in [4.69, 9.17) is 0 Å². The van der Waals surface area contributed by atoms with Gasteiger partial charge in [-0.2, -0.15) is 0 Å². The van der Waals surface area contributed by atoms with E-state index >= 15 is 0 Å². The lowest BCUT2D eigenvalue weighted by atomic mass is 10.1. The largest absolute Gasteiger partial charge is 0.348 e. The van der Waals surface area contributed by atoms with Gasteiger partial charge >= 0.3 is 0 Å². The molecule has 0 radical (unpaired) electrons. The highest BCUT2D eigenvalue weighted by atomic mass is 32.2. The highest BCUT2D eigenvalue weighted by molar-refractivity contribution is 7.98. The molecule has 0 atom stereocenters. The Kier molecular flexibility index (Phi) is 7.25. The SMILES string of the molecule is CSc1ccc(C(=O)NCc2ccccc2CS(=O)(=O)NC(C)C)cc1. The first-order chi connectivity index (χ1) is 12.3. The van der Waals surface area contributed by atoms with Gasteiger partial charge in [-0.25, -0.2) is 13.1 Å². The predicted octanol–water partition coefficient (Wildman–Crippen LogP) is 3.17. The second-order valence-corrected chi connectivity index (χ2v) is 8.85. The number of nitrogens with one attached hydrogen (secondary N) is 2. The van der Waals surface area contributed by atoms with Crippen molar-refractivity contribution in [1.29, 1.82) is 0 Å². The molecule has 2 aromatic carbocycles. The molecule has 140 valence electrons. The number of hydrogen-bond donors (Lipinski definition) is 2. The first-order valence-electron chi connectivity index (χ1n) is 8.30. The number of carbonyl (C=O) groups excluding carboxylic acids is 1. The fourth-order valence-corrected chi connectivity index (χ4v) is 4.40. The molecule has 5 nitrogen and oxygen atoms in total. The number of thioether (sulfide) groups is 1. The summed E-state index contributed by atoms with van der Waals surface area (Å²) in [7, 11) is -3.42. The van der Waals surface area contributed by atoms with E-state index in [1.165, 1.54) is 0 Å². The molecule has 0 unspecified atom stereocenters. The molecule has 0 saturated carbocycles. The van der Waals surface area contributed by atoms with E-state index in [1.807, 2.05) is 30.5 Å². The maximum absolute atomic E-state index is 12.3. The van der Waals surface area contributed by atoms with Gasteiger partial charge in [0, 0.05) is 23.0 Å². The van der Waals surface area contributed by atoms with Crippen molar-refractivity contribution in [2.45, 2.75) is 37.1 Å². The summed E-state index contributed by atoms with van der Waals surface area (Å²) < 4.78 is 26.9. The van der Waals surface area contributed by atoms with Gasteiger partial charge in [0.2, 0.25) is 10.0 Å². The molecule has 0 bridgehead atoms. The zero-order valence-electron chi connectivity index (χ0n) is 15.2. The summed E-state index contributed by atoms with van der Waals surface area (Å²) >= 11 is 1.62. The van der Waals surface area contributed by atoms with Gasteiger partial charge in [-0.05, 0) is 55.5 Å². The molecule has 2 rings (SSSR count). The molecule has 0 aliphatic rings. The number of rotatable bonds is 8. The van der Waals surface area contributed by atoms with Gasteiger partial charge in [0.1, 0.15) is 0 Å².